The Balaban J connectivity index is 1.52. The molecule has 2 aliphatic carbocycles. The molecule has 1 saturated heterocycles. The van der Waals surface area contributed by atoms with Crippen LogP contribution in [0.3, 0.4) is 0 Å². The predicted molar refractivity (Wildman–Crippen MR) is 126 cm³/mol. The largest absolute Gasteiger partial charge is 0.419 e. The van der Waals surface area contributed by atoms with Gasteiger partial charge in [-0.2, -0.15) is 13.2 Å². The fourth-order valence-electron chi connectivity index (χ4n) is 5.04. The number of fused-ring (bicyclic) bond motifs is 1. The monoisotopic (exact) mass is 462 g/mol. The van der Waals surface area contributed by atoms with Gasteiger partial charge in [-0.25, -0.2) is 4.98 Å². The zero-order valence-electron chi connectivity index (χ0n) is 19.4. The lowest BCUT2D eigenvalue weighted by atomic mass is 10.0. The van der Waals surface area contributed by atoms with Crippen LogP contribution in [0.4, 0.5) is 19.0 Å². The normalized spacial score (nSPS) is 27.1. The first-order chi connectivity index (χ1) is 15.6. The van der Waals surface area contributed by atoms with Gasteiger partial charge in [0.15, 0.2) is 0 Å². The number of halogens is 3. The fraction of sp³-hybridized carbons (Fsp3) is 0.583. The molecule has 2 heterocycles. The Kier molecular flexibility index (Phi) is 6.55. The maximum atomic E-state index is 13.2. The fourth-order valence-corrected chi connectivity index (χ4v) is 5.04. The zero-order valence-corrected chi connectivity index (χ0v) is 19.4. The van der Waals surface area contributed by atoms with E-state index >= 15 is 0 Å². The van der Waals surface area contributed by atoms with E-state index in [2.05, 4.69) is 27.8 Å². The summed E-state index contributed by atoms with van der Waals surface area (Å²) in [6.45, 7) is 11.7. The molecule has 4 N–H and O–H groups in total. The van der Waals surface area contributed by atoms with Gasteiger partial charge in [0.05, 0.1) is 5.56 Å². The first kappa shape index (κ1) is 23.8. The summed E-state index contributed by atoms with van der Waals surface area (Å²) in [7, 11) is 0. The molecule has 0 bridgehead atoms. The van der Waals surface area contributed by atoms with E-state index in [9.17, 15) is 13.2 Å². The molecule has 0 aromatic carbocycles. The summed E-state index contributed by atoms with van der Waals surface area (Å²) in [6, 6.07) is 1.48. The number of aliphatic imine (C=N–C) groups is 1. The number of hydrogen-bond acceptors (Lipinski definition) is 6. The van der Waals surface area contributed by atoms with Gasteiger partial charge in [0, 0.05) is 67.3 Å². The number of aromatic nitrogens is 1. The highest BCUT2D eigenvalue weighted by Crippen LogP contribution is 2.55. The number of rotatable bonds is 6. The van der Waals surface area contributed by atoms with E-state index in [0.717, 1.165) is 50.9 Å². The molecule has 1 aromatic heterocycles. The number of allylic oxidation sites excluding steroid dienone is 2. The number of anilines is 1. The van der Waals surface area contributed by atoms with Gasteiger partial charge in [0.25, 0.3) is 0 Å². The molecule has 3 atom stereocenters. The van der Waals surface area contributed by atoms with Crippen LogP contribution in [0.15, 0.2) is 35.0 Å². The Morgan fingerprint density at radius 2 is 1.97 bits per heavy atom. The molecule has 1 aliphatic heterocycles. The Hall–Kier alpha value is -2.39. The van der Waals surface area contributed by atoms with Crippen LogP contribution in [0.5, 0.6) is 0 Å². The van der Waals surface area contributed by atoms with E-state index < -0.39 is 17.6 Å². The number of nitrogens with two attached hydrogens (primary N) is 2. The molecule has 4 rings (SSSR count). The summed E-state index contributed by atoms with van der Waals surface area (Å²) < 4.78 is 39.7. The van der Waals surface area contributed by atoms with Gasteiger partial charge in [-0.15, -0.1) is 0 Å². The van der Waals surface area contributed by atoms with E-state index in [1.54, 1.807) is 6.08 Å². The van der Waals surface area contributed by atoms with Gasteiger partial charge in [0.1, 0.15) is 5.82 Å². The number of nitrogen functional groups attached to an aromatic ring is 1. The summed E-state index contributed by atoms with van der Waals surface area (Å²) in [5.41, 5.74) is 13.3. The molecule has 1 aromatic rings. The maximum absolute atomic E-state index is 13.2. The average molecular weight is 463 g/mol. The molecule has 33 heavy (non-hydrogen) atoms. The van der Waals surface area contributed by atoms with Crippen molar-refractivity contribution in [2.45, 2.75) is 45.5 Å². The highest BCUT2D eigenvalue weighted by Gasteiger charge is 2.52. The zero-order chi connectivity index (χ0) is 23.9. The molecule has 3 aliphatic rings. The van der Waals surface area contributed by atoms with Crippen LogP contribution in [0.1, 0.15) is 38.3 Å². The number of nitrogens with zero attached hydrogens (tertiary/aromatic N) is 4. The smallest absolute Gasteiger partial charge is 0.398 e. The highest BCUT2D eigenvalue weighted by atomic mass is 19.4. The Morgan fingerprint density at radius 3 is 2.52 bits per heavy atom. The van der Waals surface area contributed by atoms with Gasteiger partial charge in [-0.3, -0.25) is 9.89 Å². The van der Waals surface area contributed by atoms with Crippen LogP contribution in [0, 0.1) is 11.8 Å². The molecule has 0 amide bonds. The number of pyridine rings is 1. The SMILES string of the molecule is CCN1CCN(C2C=C3C(C2)C3C(C=C(N)c2cnc(N)c(C(F)(F)F)c2)=NC(C)C)CC1. The molecule has 9 heteroatoms. The number of piperazine rings is 1. The van der Waals surface area contributed by atoms with E-state index in [1.165, 1.54) is 11.8 Å². The van der Waals surface area contributed by atoms with Crippen molar-refractivity contribution in [1.82, 2.24) is 14.8 Å². The number of likely N-dealkylation sites (N-methyl/N-ethyl adjacent to an activating group) is 1. The van der Waals surface area contributed by atoms with Crippen molar-refractivity contribution in [1.29, 1.82) is 0 Å². The third kappa shape index (κ3) is 5.09. The summed E-state index contributed by atoms with van der Waals surface area (Å²) in [5.74, 6) is 0.0850. The third-order valence-corrected chi connectivity index (χ3v) is 6.87. The van der Waals surface area contributed by atoms with Crippen molar-refractivity contribution in [3.05, 3.63) is 41.1 Å². The van der Waals surface area contributed by atoms with Crippen molar-refractivity contribution in [2.24, 2.45) is 22.6 Å². The second-order valence-corrected chi connectivity index (χ2v) is 9.43. The Labute approximate surface area is 193 Å². The molecule has 180 valence electrons. The minimum atomic E-state index is -4.59. The number of hydrogen-bond donors (Lipinski definition) is 2. The van der Waals surface area contributed by atoms with Crippen molar-refractivity contribution in [2.75, 3.05) is 38.5 Å². The third-order valence-electron chi connectivity index (χ3n) is 6.87. The molecular formula is C24H33F3N6. The minimum Gasteiger partial charge on any atom is -0.398 e. The lowest BCUT2D eigenvalue weighted by Gasteiger charge is -2.37. The van der Waals surface area contributed by atoms with Gasteiger partial charge in [0.2, 0.25) is 0 Å². The van der Waals surface area contributed by atoms with Crippen LogP contribution in [-0.2, 0) is 6.18 Å². The number of alkyl halides is 3. The molecule has 0 radical (unpaired) electrons. The average Bonchev–Trinajstić information content (AvgIpc) is 3.25. The van der Waals surface area contributed by atoms with Gasteiger partial charge >= 0.3 is 6.18 Å². The minimum absolute atomic E-state index is 0.0548. The van der Waals surface area contributed by atoms with E-state index in [0.29, 0.717) is 12.0 Å². The maximum Gasteiger partial charge on any atom is 0.419 e. The second-order valence-electron chi connectivity index (χ2n) is 9.43. The topological polar surface area (TPSA) is 83.8 Å². The molecule has 6 nitrogen and oxygen atoms in total. The highest BCUT2D eigenvalue weighted by molar-refractivity contribution is 6.06. The Morgan fingerprint density at radius 1 is 1.27 bits per heavy atom. The Bertz CT molecular complexity index is 973. The summed E-state index contributed by atoms with van der Waals surface area (Å²) in [6.07, 6.45) is 1.86. The molecule has 0 spiro atoms. The van der Waals surface area contributed by atoms with Crippen LogP contribution in [0.25, 0.3) is 5.70 Å². The molecule has 3 unspecified atom stereocenters. The van der Waals surface area contributed by atoms with E-state index in [4.69, 9.17) is 16.5 Å². The lowest BCUT2D eigenvalue weighted by molar-refractivity contribution is -0.137. The molecule has 2 fully saturated rings. The van der Waals surface area contributed by atoms with Crippen LogP contribution in [0.2, 0.25) is 0 Å². The van der Waals surface area contributed by atoms with Crippen molar-refractivity contribution < 1.29 is 13.2 Å². The van der Waals surface area contributed by atoms with Gasteiger partial charge in [-0.1, -0.05) is 18.6 Å². The molecule has 1 saturated carbocycles. The van der Waals surface area contributed by atoms with Crippen LogP contribution >= 0.6 is 0 Å². The van der Waals surface area contributed by atoms with E-state index in [-0.39, 0.29) is 23.2 Å². The van der Waals surface area contributed by atoms with E-state index in [1.807, 2.05) is 13.8 Å². The first-order valence-electron chi connectivity index (χ1n) is 11.6. The van der Waals surface area contributed by atoms with Crippen molar-refractivity contribution in [3.63, 3.8) is 0 Å². The standard InChI is InChI=1S/C24H33F3N6/c1-4-32-5-7-33(8-6-32)16-10-17-18(11-16)22(17)21(31-14(2)3)12-20(28)15-9-19(24(25,26)27)23(29)30-13-15/h9-10,12-14,16,18,22H,4-8,11,28H2,1-3H3,(H2,29,30). The quantitative estimate of drug-likeness (QED) is 0.500. The molecular weight excluding hydrogens is 429 g/mol. The van der Waals surface area contributed by atoms with Gasteiger partial charge in [-0.05, 0) is 44.9 Å². The first-order valence-corrected chi connectivity index (χ1v) is 11.6. The van der Waals surface area contributed by atoms with Crippen molar-refractivity contribution in [3.8, 4) is 0 Å². The lowest BCUT2D eigenvalue weighted by Crippen LogP contribution is -2.49. The summed E-state index contributed by atoms with van der Waals surface area (Å²) >= 11 is 0. The van der Waals surface area contributed by atoms with Crippen LogP contribution in [-0.4, -0.2) is 65.3 Å². The second kappa shape index (κ2) is 9.10. The van der Waals surface area contributed by atoms with Crippen LogP contribution < -0.4 is 11.5 Å². The summed E-state index contributed by atoms with van der Waals surface area (Å²) in [4.78, 5) is 13.5. The summed E-state index contributed by atoms with van der Waals surface area (Å²) in [5, 5.41) is 0. The van der Waals surface area contributed by atoms with Crippen molar-refractivity contribution >= 4 is 17.2 Å². The predicted octanol–water partition coefficient (Wildman–Crippen LogP) is 3.41. The van der Waals surface area contributed by atoms with Gasteiger partial charge < -0.3 is 16.4 Å².